The topological polar surface area (TPSA) is 77.2 Å². The molecule has 1 amide bonds. The number of nitrogens with zero attached hydrogens (tertiary/aromatic N) is 1. The second kappa shape index (κ2) is 6.67. The summed E-state index contributed by atoms with van der Waals surface area (Å²) in [4.78, 5) is 16.3. The molecule has 0 fully saturated rings. The van der Waals surface area contributed by atoms with E-state index in [1.807, 2.05) is 32.0 Å². The number of carbonyl (C=O) groups excluding carboxylic acids is 1. The van der Waals surface area contributed by atoms with Gasteiger partial charge in [-0.3, -0.25) is 4.79 Å². The fourth-order valence-electron chi connectivity index (χ4n) is 2.38. The van der Waals surface area contributed by atoms with Gasteiger partial charge in [0, 0.05) is 5.69 Å². The summed E-state index contributed by atoms with van der Waals surface area (Å²) >= 11 is 7.49. The van der Waals surface area contributed by atoms with Crippen LogP contribution in [0.5, 0.6) is 5.75 Å². The maximum Gasteiger partial charge on any atom is 0.262 e. The number of halogens is 1. The van der Waals surface area contributed by atoms with E-state index in [1.54, 1.807) is 12.1 Å². The van der Waals surface area contributed by atoms with Crippen LogP contribution in [0.1, 0.15) is 11.1 Å². The molecule has 0 aliphatic rings. The Morgan fingerprint density at radius 3 is 2.88 bits per heavy atom. The predicted octanol–water partition coefficient (Wildman–Crippen LogP) is 4.17. The van der Waals surface area contributed by atoms with Crippen molar-refractivity contribution < 1.29 is 9.53 Å². The van der Waals surface area contributed by atoms with Crippen LogP contribution in [0.25, 0.3) is 10.2 Å². The number of aromatic nitrogens is 1. The maximum atomic E-state index is 12.1. The number of amides is 1. The maximum absolute atomic E-state index is 12.1. The number of hydrogen-bond donors (Lipinski definition) is 2. The second-order valence-corrected chi connectivity index (χ2v) is 6.93. The van der Waals surface area contributed by atoms with Gasteiger partial charge in [0.1, 0.15) is 11.3 Å². The molecule has 3 N–H and O–H groups in total. The van der Waals surface area contributed by atoms with Crippen LogP contribution in [0.2, 0.25) is 5.02 Å². The van der Waals surface area contributed by atoms with Crippen LogP contribution in [0.15, 0.2) is 30.3 Å². The van der Waals surface area contributed by atoms with E-state index in [9.17, 15) is 4.79 Å². The Kier molecular flexibility index (Phi) is 4.59. The molecular formula is C17H16ClN3O2S. The normalized spacial score (nSPS) is 10.8. The van der Waals surface area contributed by atoms with Crippen LogP contribution in [0.4, 0.5) is 10.8 Å². The molecule has 0 radical (unpaired) electrons. The third kappa shape index (κ3) is 3.60. The Hall–Kier alpha value is -2.31. The number of thiazole rings is 1. The van der Waals surface area contributed by atoms with E-state index in [1.165, 1.54) is 11.3 Å². The Balaban J connectivity index is 1.68. The van der Waals surface area contributed by atoms with Crippen molar-refractivity contribution in [2.24, 2.45) is 0 Å². The van der Waals surface area contributed by atoms with Gasteiger partial charge in [0.05, 0.1) is 9.72 Å². The fraction of sp³-hybridized carbons (Fsp3) is 0.176. The highest BCUT2D eigenvalue weighted by Gasteiger charge is 2.10. The van der Waals surface area contributed by atoms with Gasteiger partial charge in [0.2, 0.25) is 0 Å². The highest BCUT2D eigenvalue weighted by atomic mass is 35.5. The number of anilines is 2. The quantitative estimate of drug-likeness (QED) is 0.731. The van der Waals surface area contributed by atoms with Gasteiger partial charge in [-0.2, -0.15) is 0 Å². The summed E-state index contributed by atoms with van der Waals surface area (Å²) in [6.45, 7) is 3.88. The fourth-order valence-corrected chi connectivity index (χ4v) is 3.50. The number of nitrogens with one attached hydrogen (secondary N) is 1. The smallest absolute Gasteiger partial charge is 0.262 e. The first-order valence-corrected chi connectivity index (χ1v) is 8.47. The number of ether oxygens (including phenoxy) is 1. The molecule has 5 nitrogen and oxygen atoms in total. The van der Waals surface area contributed by atoms with Crippen LogP contribution in [0.3, 0.4) is 0 Å². The molecule has 1 aromatic heterocycles. The summed E-state index contributed by atoms with van der Waals surface area (Å²) in [5, 5.41) is 3.66. The molecule has 3 rings (SSSR count). The van der Waals surface area contributed by atoms with Crippen molar-refractivity contribution in [3.05, 3.63) is 46.5 Å². The minimum absolute atomic E-state index is 0.0790. The average Bonchev–Trinajstić information content (AvgIpc) is 2.87. The Morgan fingerprint density at radius 2 is 2.12 bits per heavy atom. The Bertz CT molecular complexity index is 924. The number of nitrogen functional groups attached to an aromatic ring is 1. The zero-order valence-electron chi connectivity index (χ0n) is 13.2. The van der Waals surface area contributed by atoms with Gasteiger partial charge in [-0.05, 0) is 37.6 Å². The lowest BCUT2D eigenvalue weighted by Crippen LogP contribution is -2.20. The molecule has 0 unspecified atom stereocenters. The van der Waals surface area contributed by atoms with Crippen molar-refractivity contribution in [2.75, 3.05) is 17.7 Å². The summed E-state index contributed by atoms with van der Waals surface area (Å²) in [5.41, 5.74) is 9.06. The van der Waals surface area contributed by atoms with Crippen LogP contribution in [-0.2, 0) is 4.79 Å². The number of fused-ring (bicyclic) bond motifs is 1. The van der Waals surface area contributed by atoms with E-state index in [-0.39, 0.29) is 12.5 Å². The van der Waals surface area contributed by atoms with Crippen LogP contribution in [-0.4, -0.2) is 17.5 Å². The molecule has 0 saturated carbocycles. The Morgan fingerprint density at radius 1 is 1.33 bits per heavy atom. The van der Waals surface area contributed by atoms with E-state index in [0.29, 0.717) is 27.1 Å². The summed E-state index contributed by atoms with van der Waals surface area (Å²) in [5.74, 6) is 0.433. The largest absolute Gasteiger partial charge is 0.483 e. The summed E-state index contributed by atoms with van der Waals surface area (Å²) in [6.07, 6.45) is 0. The van der Waals surface area contributed by atoms with Crippen LogP contribution < -0.4 is 15.8 Å². The molecule has 7 heteroatoms. The lowest BCUT2D eigenvalue weighted by molar-refractivity contribution is -0.118. The van der Waals surface area contributed by atoms with Crippen LogP contribution in [0, 0.1) is 13.8 Å². The van der Waals surface area contributed by atoms with Gasteiger partial charge in [-0.25, -0.2) is 4.98 Å². The second-order valence-electron chi connectivity index (χ2n) is 5.46. The third-order valence-corrected chi connectivity index (χ3v) is 4.56. The van der Waals surface area contributed by atoms with Gasteiger partial charge in [0.25, 0.3) is 5.91 Å². The molecule has 0 aliphatic heterocycles. The van der Waals surface area contributed by atoms with E-state index in [4.69, 9.17) is 22.1 Å². The zero-order chi connectivity index (χ0) is 17.3. The minimum Gasteiger partial charge on any atom is -0.483 e. The minimum atomic E-state index is -0.261. The van der Waals surface area contributed by atoms with Crippen molar-refractivity contribution in [1.82, 2.24) is 4.98 Å². The number of rotatable bonds is 4. The molecular weight excluding hydrogens is 346 g/mol. The highest BCUT2D eigenvalue weighted by Crippen LogP contribution is 2.32. The summed E-state index contributed by atoms with van der Waals surface area (Å²) in [6, 6.07) is 9.26. The van der Waals surface area contributed by atoms with Gasteiger partial charge in [-0.15, -0.1) is 0 Å². The number of hydrogen-bond acceptors (Lipinski definition) is 5. The average molecular weight is 362 g/mol. The molecule has 124 valence electrons. The van der Waals surface area contributed by atoms with Crippen molar-refractivity contribution >= 4 is 49.9 Å². The third-order valence-electron chi connectivity index (χ3n) is 3.44. The molecule has 2 aromatic carbocycles. The number of nitrogens with two attached hydrogens (primary N) is 1. The standard InChI is InChI=1S/C17H16ClN3O2S/c1-9-3-4-13(10(2)5-9)23-8-15(22)20-11-6-12(18)16-14(7-11)24-17(19)21-16/h3-7H,8H2,1-2H3,(H2,19,21)(H,20,22). The first-order valence-electron chi connectivity index (χ1n) is 7.28. The number of benzene rings is 2. The molecule has 0 atom stereocenters. The first-order chi connectivity index (χ1) is 11.4. The SMILES string of the molecule is Cc1ccc(OCC(=O)Nc2cc(Cl)c3nc(N)sc3c2)c(C)c1. The van der Waals surface area contributed by atoms with Crippen molar-refractivity contribution in [3.8, 4) is 5.75 Å². The number of aryl methyl sites for hydroxylation is 2. The summed E-state index contributed by atoms with van der Waals surface area (Å²) < 4.78 is 6.40. The van der Waals surface area contributed by atoms with E-state index < -0.39 is 0 Å². The van der Waals surface area contributed by atoms with Gasteiger partial charge in [-0.1, -0.05) is 40.6 Å². The van der Waals surface area contributed by atoms with Gasteiger partial charge in [0.15, 0.2) is 11.7 Å². The van der Waals surface area contributed by atoms with Crippen molar-refractivity contribution in [2.45, 2.75) is 13.8 Å². The van der Waals surface area contributed by atoms with Gasteiger partial charge < -0.3 is 15.8 Å². The number of carbonyl (C=O) groups is 1. The molecule has 3 aromatic rings. The molecule has 0 bridgehead atoms. The molecule has 1 heterocycles. The predicted molar refractivity (Wildman–Crippen MR) is 99.1 cm³/mol. The van der Waals surface area contributed by atoms with E-state index in [2.05, 4.69) is 10.3 Å². The summed E-state index contributed by atoms with van der Waals surface area (Å²) in [7, 11) is 0. The monoisotopic (exact) mass is 361 g/mol. The highest BCUT2D eigenvalue weighted by molar-refractivity contribution is 7.22. The molecule has 0 saturated heterocycles. The Labute approximate surface area is 148 Å². The molecule has 0 spiro atoms. The molecule has 0 aliphatic carbocycles. The van der Waals surface area contributed by atoms with Crippen molar-refractivity contribution in [1.29, 1.82) is 0 Å². The lowest BCUT2D eigenvalue weighted by atomic mass is 10.1. The van der Waals surface area contributed by atoms with E-state index in [0.717, 1.165) is 15.8 Å². The first kappa shape index (κ1) is 16.5. The zero-order valence-corrected chi connectivity index (χ0v) is 14.8. The lowest BCUT2D eigenvalue weighted by Gasteiger charge is -2.10. The molecule has 24 heavy (non-hydrogen) atoms. The van der Waals surface area contributed by atoms with E-state index >= 15 is 0 Å². The van der Waals surface area contributed by atoms with Crippen molar-refractivity contribution in [3.63, 3.8) is 0 Å². The van der Waals surface area contributed by atoms with Crippen LogP contribution >= 0.6 is 22.9 Å². The van der Waals surface area contributed by atoms with Gasteiger partial charge >= 0.3 is 0 Å².